The molecule has 12 aromatic rings. The van der Waals surface area contributed by atoms with Gasteiger partial charge in [-0.15, -0.1) is 0 Å². The molecule has 0 aliphatic carbocycles. The fraction of sp³-hybridized carbons (Fsp3) is 0. The van der Waals surface area contributed by atoms with E-state index in [2.05, 4.69) is 167 Å². The van der Waals surface area contributed by atoms with Crippen LogP contribution in [-0.2, 0) is 0 Å². The Kier molecular flexibility index (Phi) is 5.47. The van der Waals surface area contributed by atoms with Crippen LogP contribution in [0.15, 0.2) is 179 Å². The van der Waals surface area contributed by atoms with E-state index in [9.17, 15) is 0 Å². The summed E-state index contributed by atoms with van der Waals surface area (Å²) in [5.41, 5.74) is 12.5. The SMILES string of the molecule is c1ccc(-n2c3ccccc3c3cc(-c4cc(-n5c6ccccc6c6c7oc8ccccc8c7ccc65)c5oc6ccccc6c5c4)ccc32)cc1. The van der Waals surface area contributed by atoms with Gasteiger partial charge in [0.1, 0.15) is 16.7 Å². The number of hydrogen-bond donors (Lipinski definition) is 0. The van der Waals surface area contributed by atoms with Crippen molar-refractivity contribution >= 4 is 87.5 Å². The molecule has 4 heteroatoms. The fourth-order valence-corrected chi connectivity index (χ4v) is 8.64. The smallest absolute Gasteiger partial charge is 0.159 e. The van der Waals surface area contributed by atoms with Gasteiger partial charge in [-0.3, -0.25) is 0 Å². The lowest BCUT2D eigenvalue weighted by Gasteiger charge is -2.12. The molecule has 0 radical (unpaired) electrons. The molecule has 242 valence electrons. The Balaban J connectivity index is 1.18. The number of aromatic nitrogens is 2. The van der Waals surface area contributed by atoms with E-state index in [-0.39, 0.29) is 0 Å². The molecular formula is C48H28N2O2. The van der Waals surface area contributed by atoms with Gasteiger partial charge in [-0.05, 0) is 83.9 Å². The number of rotatable bonds is 3. The summed E-state index contributed by atoms with van der Waals surface area (Å²) in [6.45, 7) is 0. The second-order valence-corrected chi connectivity index (χ2v) is 13.7. The van der Waals surface area contributed by atoms with E-state index in [1.54, 1.807) is 0 Å². The molecule has 0 aliphatic rings. The highest BCUT2D eigenvalue weighted by Crippen LogP contribution is 2.44. The molecule has 0 unspecified atom stereocenters. The van der Waals surface area contributed by atoms with E-state index in [0.717, 1.165) is 88.2 Å². The molecule has 0 bridgehead atoms. The molecule has 0 saturated carbocycles. The molecule has 4 nitrogen and oxygen atoms in total. The summed E-state index contributed by atoms with van der Waals surface area (Å²) in [5.74, 6) is 0. The summed E-state index contributed by atoms with van der Waals surface area (Å²) in [7, 11) is 0. The van der Waals surface area contributed by atoms with Crippen molar-refractivity contribution in [1.82, 2.24) is 9.13 Å². The van der Waals surface area contributed by atoms with Crippen LogP contribution in [0.4, 0.5) is 0 Å². The van der Waals surface area contributed by atoms with Crippen LogP contribution in [0, 0.1) is 0 Å². The van der Waals surface area contributed by atoms with Gasteiger partial charge in [0.25, 0.3) is 0 Å². The number of benzene rings is 8. The lowest BCUT2D eigenvalue weighted by Crippen LogP contribution is -1.96. The molecule has 0 N–H and O–H groups in total. The third-order valence-electron chi connectivity index (χ3n) is 10.9. The highest BCUT2D eigenvalue weighted by molar-refractivity contribution is 6.24. The van der Waals surface area contributed by atoms with E-state index < -0.39 is 0 Å². The monoisotopic (exact) mass is 664 g/mol. The molecule has 8 aromatic carbocycles. The van der Waals surface area contributed by atoms with E-state index in [4.69, 9.17) is 8.83 Å². The number of fused-ring (bicyclic) bond motifs is 13. The molecule has 0 spiro atoms. The molecule has 0 atom stereocenters. The van der Waals surface area contributed by atoms with Gasteiger partial charge < -0.3 is 18.0 Å². The van der Waals surface area contributed by atoms with Crippen molar-refractivity contribution in [3.63, 3.8) is 0 Å². The van der Waals surface area contributed by atoms with Crippen LogP contribution in [0.1, 0.15) is 0 Å². The maximum atomic E-state index is 6.76. The summed E-state index contributed by atoms with van der Waals surface area (Å²) >= 11 is 0. The molecule has 0 fully saturated rings. The zero-order valence-electron chi connectivity index (χ0n) is 27.9. The largest absolute Gasteiger partial charge is 0.455 e. The van der Waals surface area contributed by atoms with Crippen LogP contribution in [0.3, 0.4) is 0 Å². The first-order chi connectivity index (χ1) is 25.8. The van der Waals surface area contributed by atoms with E-state index >= 15 is 0 Å². The average Bonchev–Trinajstić information content (AvgIpc) is 3.95. The number of nitrogens with zero attached hydrogens (tertiary/aromatic N) is 2. The van der Waals surface area contributed by atoms with Gasteiger partial charge >= 0.3 is 0 Å². The Bertz CT molecular complexity index is 3410. The van der Waals surface area contributed by atoms with Crippen molar-refractivity contribution in [2.45, 2.75) is 0 Å². The van der Waals surface area contributed by atoms with Crippen LogP contribution in [-0.4, -0.2) is 9.13 Å². The number of para-hydroxylation sites is 5. The van der Waals surface area contributed by atoms with Gasteiger partial charge in [0.2, 0.25) is 0 Å². The second-order valence-electron chi connectivity index (χ2n) is 13.7. The number of furan rings is 2. The van der Waals surface area contributed by atoms with Crippen molar-refractivity contribution < 1.29 is 8.83 Å². The number of hydrogen-bond acceptors (Lipinski definition) is 2. The van der Waals surface area contributed by atoms with Crippen LogP contribution >= 0.6 is 0 Å². The first-order valence-electron chi connectivity index (χ1n) is 17.7. The minimum absolute atomic E-state index is 0.860. The minimum Gasteiger partial charge on any atom is -0.455 e. The Labute approximate surface area is 296 Å². The maximum absolute atomic E-state index is 6.76. The molecule has 0 saturated heterocycles. The van der Waals surface area contributed by atoms with E-state index in [0.29, 0.717) is 0 Å². The topological polar surface area (TPSA) is 36.1 Å². The van der Waals surface area contributed by atoms with Gasteiger partial charge in [0.05, 0.1) is 33.1 Å². The molecule has 52 heavy (non-hydrogen) atoms. The maximum Gasteiger partial charge on any atom is 0.159 e. The third kappa shape index (κ3) is 3.70. The Morgan fingerprint density at radius 2 is 0.904 bits per heavy atom. The van der Waals surface area contributed by atoms with Gasteiger partial charge in [0, 0.05) is 43.4 Å². The predicted molar refractivity (Wildman–Crippen MR) is 215 cm³/mol. The van der Waals surface area contributed by atoms with Gasteiger partial charge in [-0.25, -0.2) is 0 Å². The highest BCUT2D eigenvalue weighted by Gasteiger charge is 2.23. The molecule has 4 heterocycles. The molecule has 0 amide bonds. The zero-order valence-corrected chi connectivity index (χ0v) is 27.9. The Morgan fingerprint density at radius 3 is 1.69 bits per heavy atom. The van der Waals surface area contributed by atoms with E-state index in [1.807, 2.05) is 12.1 Å². The molecular weight excluding hydrogens is 637 g/mol. The third-order valence-corrected chi connectivity index (χ3v) is 10.9. The van der Waals surface area contributed by atoms with Crippen molar-refractivity contribution in [3.05, 3.63) is 170 Å². The normalized spacial score (nSPS) is 12.2. The minimum atomic E-state index is 0.860. The summed E-state index contributed by atoms with van der Waals surface area (Å²) in [6, 6.07) is 60.6. The van der Waals surface area contributed by atoms with Gasteiger partial charge in [-0.1, -0.05) is 97.1 Å². The standard InChI is InChI=1S/C48H28N2O2/c1-2-12-31(13-3-1)49-39-18-8-4-14-32(39)37-26-29(22-24-41(37)49)30-27-38-34-16-7-11-21-45(34)51-47(38)43(28-30)50-40-19-9-5-17-36(40)46-42(50)25-23-35-33-15-6-10-20-44(33)52-48(35)46/h1-28H. The summed E-state index contributed by atoms with van der Waals surface area (Å²) < 4.78 is 18.1. The molecule has 0 aliphatic heterocycles. The highest BCUT2D eigenvalue weighted by atomic mass is 16.3. The van der Waals surface area contributed by atoms with Crippen molar-refractivity contribution in [2.24, 2.45) is 0 Å². The van der Waals surface area contributed by atoms with Crippen LogP contribution in [0.25, 0.3) is 110 Å². The summed E-state index contributed by atoms with van der Waals surface area (Å²) in [6.07, 6.45) is 0. The van der Waals surface area contributed by atoms with E-state index in [1.165, 1.54) is 21.8 Å². The van der Waals surface area contributed by atoms with Crippen molar-refractivity contribution in [1.29, 1.82) is 0 Å². The van der Waals surface area contributed by atoms with Crippen molar-refractivity contribution in [2.75, 3.05) is 0 Å². The van der Waals surface area contributed by atoms with Crippen LogP contribution in [0.2, 0.25) is 0 Å². The summed E-state index contributed by atoms with van der Waals surface area (Å²) in [4.78, 5) is 0. The van der Waals surface area contributed by atoms with Crippen molar-refractivity contribution in [3.8, 4) is 22.5 Å². The zero-order chi connectivity index (χ0) is 33.9. The quantitative estimate of drug-likeness (QED) is 0.188. The summed E-state index contributed by atoms with van der Waals surface area (Å²) in [5, 5.41) is 9.14. The predicted octanol–water partition coefficient (Wildman–Crippen LogP) is 13.3. The lowest BCUT2D eigenvalue weighted by atomic mass is 9.99. The van der Waals surface area contributed by atoms with Crippen LogP contribution in [0.5, 0.6) is 0 Å². The van der Waals surface area contributed by atoms with Crippen LogP contribution < -0.4 is 0 Å². The Hall–Kier alpha value is -7.04. The first-order valence-corrected chi connectivity index (χ1v) is 17.7. The lowest BCUT2D eigenvalue weighted by molar-refractivity contribution is 0.666. The first kappa shape index (κ1) is 27.7. The molecule has 4 aromatic heterocycles. The Morgan fingerprint density at radius 1 is 0.327 bits per heavy atom. The fourth-order valence-electron chi connectivity index (χ4n) is 8.64. The second kappa shape index (κ2) is 10.3. The average molecular weight is 665 g/mol. The molecule has 12 rings (SSSR count). The van der Waals surface area contributed by atoms with Gasteiger partial charge in [0.15, 0.2) is 5.58 Å². The van der Waals surface area contributed by atoms with Gasteiger partial charge in [-0.2, -0.15) is 0 Å².